The molecule has 0 amide bonds. The van der Waals surface area contributed by atoms with Crippen LogP contribution in [0.3, 0.4) is 0 Å². The first-order valence-corrected chi connectivity index (χ1v) is 8.56. The largest absolute Gasteiger partial charge is 0.496 e. The number of methoxy groups -OCH3 is 1. The number of ether oxygens (including phenoxy) is 1. The van der Waals surface area contributed by atoms with E-state index in [2.05, 4.69) is 38.2 Å². The molecule has 0 aromatic heterocycles. The van der Waals surface area contributed by atoms with Gasteiger partial charge in [-0.2, -0.15) is 0 Å². The molecule has 118 valence electrons. The maximum Gasteiger partial charge on any atom is 0.126 e. The number of hydrogen-bond acceptors (Lipinski definition) is 2. The van der Waals surface area contributed by atoms with E-state index in [0.29, 0.717) is 6.04 Å². The van der Waals surface area contributed by atoms with Crippen molar-refractivity contribution in [1.82, 2.24) is 5.32 Å². The fourth-order valence-electron chi connectivity index (χ4n) is 3.72. The van der Waals surface area contributed by atoms with E-state index in [0.717, 1.165) is 18.2 Å². The molecule has 2 rings (SSSR count). The summed E-state index contributed by atoms with van der Waals surface area (Å²) in [5.74, 6) is 1.83. The Morgan fingerprint density at radius 3 is 2.38 bits per heavy atom. The number of benzene rings is 1. The summed E-state index contributed by atoms with van der Waals surface area (Å²) in [5.41, 5.74) is 3.95. The van der Waals surface area contributed by atoms with Gasteiger partial charge in [0.05, 0.1) is 7.11 Å². The molecule has 1 atom stereocenters. The van der Waals surface area contributed by atoms with Crippen molar-refractivity contribution in [2.45, 2.75) is 65.3 Å². The minimum atomic E-state index is 0.433. The van der Waals surface area contributed by atoms with Crippen LogP contribution in [0.15, 0.2) is 12.1 Å². The molecule has 0 saturated heterocycles. The molecular formula is C19H31NO. The average Bonchev–Trinajstić information content (AvgIpc) is 2.77. The molecule has 2 nitrogen and oxygen atoms in total. The van der Waals surface area contributed by atoms with Crippen LogP contribution >= 0.6 is 0 Å². The third-order valence-electron chi connectivity index (χ3n) is 5.04. The number of aryl methyl sites for hydroxylation is 1. The smallest absolute Gasteiger partial charge is 0.126 e. The number of hydrogen-bond donors (Lipinski definition) is 1. The summed E-state index contributed by atoms with van der Waals surface area (Å²) in [6, 6.07) is 4.95. The second-order valence-corrected chi connectivity index (χ2v) is 6.42. The standard InChI is InChI=1S/C19H31NO/c1-5-20-18(16-10-8-6-7-9-11-16)17-13-12-14(2)15(3)19(17)21-4/h12-13,16,18,20H,5-11H2,1-4H3. The highest BCUT2D eigenvalue weighted by atomic mass is 16.5. The van der Waals surface area contributed by atoms with Crippen molar-refractivity contribution >= 4 is 0 Å². The van der Waals surface area contributed by atoms with Gasteiger partial charge in [0.15, 0.2) is 0 Å². The predicted octanol–water partition coefficient (Wildman–Crippen LogP) is 4.93. The van der Waals surface area contributed by atoms with Crippen molar-refractivity contribution in [3.63, 3.8) is 0 Å². The molecule has 1 aliphatic rings. The Kier molecular flexibility index (Phi) is 6.10. The Bertz CT molecular complexity index is 447. The summed E-state index contributed by atoms with van der Waals surface area (Å²) >= 11 is 0. The second-order valence-electron chi connectivity index (χ2n) is 6.42. The van der Waals surface area contributed by atoms with Crippen LogP contribution < -0.4 is 10.1 Å². The van der Waals surface area contributed by atoms with Gasteiger partial charge in [-0.25, -0.2) is 0 Å². The molecule has 1 unspecified atom stereocenters. The summed E-state index contributed by atoms with van der Waals surface area (Å²) in [6.07, 6.45) is 8.24. The monoisotopic (exact) mass is 289 g/mol. The van der Waals surface area contributed by atoms with Crippen molar-refractivity contribution in [1.29, 1.82) is 0 Å². The summed E-state index contributed by atoms with van der Waals surface area (Å²) in [5, 5.41) is 3.74. The highest BCUT2D eigenvalue weighted by Gasteiger charge is 2.26. The van der Waals surface area contributed by atoms with Gasteiger partial charge in [0, 0.05) is 11.6 Å². The van der Waals surface area contributed by atoms with Gasteiger partial charge in [-0.15, -0.1) is 0 Å². The van der Waals surface area contributed by atoms with E-state index in [4.69, 9.17) is 4.74 Å². The Morgan fingerprint density at radius 2 is 1.81 bits per heavy atom. The third-order valence-corrected chi connectivity index (χ3v) is 5.04. The zero-order chi connectivity index (χ0) is 15.2. The van der Waals surface area contributed by atoms with Gasteiger partial charge in [0.25, 0.3) is 0 Å². The molecule has 0 radical (unpaired) electrons. The van der Waals surface area contributed by atoms with Crippen LogP contribution in [-0.4, -0.2) is 13.7 Å². The highest BCUT2D eigenvalue weighted by molar-refractivity contribution is 5.47. The summed E-state index contributed by atoms with van der Waals surface area (Å²) in [6.45, 7) is 7.55. The maximum atomic E-state index is 5.77. The normalized spacial score (nSPS) is 18.3. The molecule has 2 heteroatoms. The van der Waals surface area contributed by atoms with E-state index in [-0.39, 0.29) is 0 Å². The van der Waals surface area contributed by atoms with E-state index in [1.807, 2.05) is 0 Å². The maximum absolute atomic E-state index is 5.77. The molecule has 0 heterocycles. The molecule has 1 fully saturated rings. The Labute approximate surface area is 130 Å². The fraction of sp³-hybridized carbons (Fsp3) is 0.684. The van der Waals surface area contributed by atoms with Gasteiger partial charge in [-0.1, -0.05) is 44.7 Å². The van der Waals surface area contributed by atoms with E-state index in [9.17, 15) is 0 Å². The van der Waals surface area contributed by atoms with Gasteiger partial charge < -0.3 is 10.1 Å². The Balaban J connectivity index is 2.35. The Hall–Kier alpha value is -1.02. The van der Waals surface area contributed by atoms with Gasteiger partial charge in [-0.05, 0) is 50.3 Å². The summed E-state index contributed by atoms with van der Waals surface area (Å²) in [4.78, 5) is 0. The van der Waals surface area contributed by atoms with Gasteiger partial charge in [0.1, 0.15) is 5.75 Å². The Morgan fingerprint density at radius 1 is 1.14 bits per heavy atom. The quantitative estimate of drug-likeness (QED) is 0.776. The van der Waals surface area contributed by atoms with Crippen LogP contribution in [0.4, 0.5) is 0 Å². The van der Waals surface area contributed by atoms with Crippen LogP contribution in [0.5, 0.6) is 5.75 Å². The SMILES string of the molecule is CCNC(c1ccc(C)c(C)c1OC)C1CCCCCC1. The van der Waals surface area contributed by atoms with Crippen LogP contribution in [0, 0.1) is 19.8 Å². The van der Waals surface area contributed by atoms with E-state index >= 15 is 0 Å². The van der Waals surface area contributed by atoms with Gasteiger partial charge in [0.2, 0.25) is 0 Å². The minimum Gasteiger partial charge on any atom is -0.496 e. The first-order chi connectivity index (χ1) is 10.2. The van der Waals surface area contributed by atoms with Crippen molar-refractivity contribution in [3.05, 3.63) is 28.8 Å². The first kappa shape index (κ1) is 16.4. The molecule has 0 spiro atoms. The van der Waals surface area contributed by atoms with Crippen LogP contribution in [0.2, 0.25) is 0 Å². The molecule has 0 aliphatic heterocycles. The fourth-order valence-corrected chi connectivity index (χ4v) is 3.72. The molecule has 1 aliphatic carbocycles. The van der Waals surface area contributed by atoms with Crippen LogP contribution in [0.1, 0.15) is 68.2 Å². The molecule has 1 N–H and O–H groups in total. The average molecular weight is 289 g/mol. The molecule has 21 heavy (non-hydrogen) atoms. The first-order valence-electron chi connectivity index (χ1n) is 8.56. The molecular weight excluding hydrogens is 258 g/mol. The minimum absolute atomic E-state index is 0.433. The zero-order valence-corrected chi connectivity index (χ0v) is 14.2. The molecule has 1 aromatic rings. The number of nitrogens with one attached hydrogen (secondary N) is 1. The molecule has 1 aromatic carbocycles. The summed E-state index contributed by atoms with van der Waals surface area (Å²) in [7, 11) is 1.81. The van der Waals surface area contributed by atoms with Gasteiger partial charge >= 0.3 is 0 Å². The van der Waals surface area contributed by atoms with Crippen molar-refractivity contribution in [2.75, 3.05) is 13.7 Å². The van der Waals surface area contributed by atoms with Crippen LogP contribution in [-0.2, 0) is 0 Å². The van der Waals surface area contributed by atoms with Gasteiger partial charge in [-0.3, -0.25) is 0 Å². The zero-order valence-electron chi connectivity index (χ0n) is 14.2. The van der Waals surface area contributed by atoms with Crippen LogP contribution in [0.25, 0.3) is 0 Å². The summed E-state index contributed by atoms with van der Waals surface area (Å²) < 4.78 is 5.77. The lowest BCUT2D eigenvalue weighted by Crippen LogP contribution is -2.28. The molecule has 1 saturated carbocycles. The van der Waals surface area contributed by atoms with Crippen molar-refractivity contribution in [3.8, 4) is 5.75 Å². The lowest BCUT2D eigenvalue weighted by atomic mass is 9.85. The third kappa shape index (κ3) is 3.79. The number of rotatable bonds is 5. The highest BCUT2D eigenvalue weighted by Crippen LogP contribution is 2.39. The molecule has 0 bridgehead atoms. The van der Waals surface area contributed by atoms with Crippen molar-refractivity contribution in [2.24, 2.45) is 5.92 Å². The lowest BCUT2D eigenvalue weighted by Gasteiger charge is -2.29. The van der Waals surface area contributed by atoms with Crippen molar-refractivity contribution < 1.29 is 4.74 Å². The second kappa shape index (κ2) is 7.84. The van der Waals surface area contributed by atoms with E-state index in [1.54, 1.807) is 7.11 Å². The lowest BCUT2D eigenvalue weighted by molar-refractivity contribution is 0.316. The predicted molar refractivity (Wildman–Crippen MR) is 90.1 cm³/mol. The topological polar surface area (TPSA) is 21.3 Å². The van der Waals surface area contributed by atoms with E-state index < -0.39 is 0 Å². The van der Waals surface area contributed by atoms with E-state index in [1.165, 1.54) is 55.2 Å².